The second-order valence-corrected chi connectivity index (χ2v) is 4.75. The van der Waals surface area contributed by atoms with Gasteiger partial charge in [-0.15, -0.1) is 0 Å². The summed E-state index contributed by atoms with van der Waals surface area (Å²) in [6.45, 7) is 3.06. The smallest absolute Gasteiger partial charge is 0.00814 e. The molecule has 0 radical (unpaired) electrons. The lowest BCUT2D eigenvalue weighted by molar-refractivity contribution is 0.387. The van der Waals surface area contributed by atoms with Crippen molar-refractivity contribution in [2.75, 3.05) is 6.54 Å². The maximum Gasteiger partial charge on any atom is 0.00814 e. The van der Waals surface area contributed by atoms with Gasteiger partial charge < -0.3 is 5.73 Å². The van der Waals surface area contributed by atoms with Gasteiger partial charge in [0.15, 0.2) is 0 Å². The number of nitrogens with two attached hydrogens (primary N) is 1. The zero-order valence-corrected chi connectivity index (χ0v) is 9.63. The average molecular weight is 203 g/mol. The van der Waals surface area contributed by atoms with E-state index in [1.54, 1.807) is 0 Å². The third-order valence-corrected chi connectivity index (χ3v) is 3.86. The molecule has 1 unspecified atom stereocenters. The van der Waals surface area contributed by atoms with Gasteiger partial charge in [-0.2, -0.15) is 0 Å². The van der Waals surface area contributed by atoms with E-state index in [0.717, 1.165) is 6.54 Å². The lowest BCUT2D eigenvalue weighted by Gasteiger charge is -2.28. The van der Waals surface area contributed by atoms with Gasteiger partial charge in [-0.05, 0) is 30.4 Å². The summed E-state index contributed by atoms with van der Waals surface area (Å²) in [7, 11) is 0. The normalized spacial score (nSPS) is 24.1. The van der Waals surface area contributed by atoms with Crippen LogP contribution in [0.15, 0.2) is 24.3 Å². The van der Waals surface area contributed by atoms with Crippen molar-refractivity contribution in [2.45, 2.75) is 44.4 Å². The van der Waals surface area contributed by atoms with Crippen molar-refractivity contribution < 1.29 is 0 Å². The van der Waals surface area contributed by atoms with E-state index < -0.39 is 0 Å². The van der Waals surface area contributed by atoms with E-state index in [-0.39, 0.29) is 0 Å². The highest BCUT2D eigenvalue weighted by Gasteiger charge is 2.36. The molecular formula is C14H21N. The molecule has 1 atom stereocenters. The van der Waals surface area contributed by atoms with Crippen molar-refractivity contribution in [3.63, 3.8) is 0 Å². The number of hydrogen-bond acceptors (Lipinski definition) is 1. The van der Waals surface area contributed by atoms with Crippen LogP contribution in [0.3, 0.4) is 0 Å². The molecule has 0 fully saturated rings. The van der Waals surface area contributed by atoms with Gasteiger partial charge in [-0.3, -0.25) is 0 Å². The molecule has 1 aliphatic rings. The van der Waals surface area contributed by atoms with Gasteiger partial charge in [0.1, 0.15) is 0 Å². The molecule has 0 bridgehead atoms. The molecule has 82 valence electrons. The summed E-state index contributed by atoms with van der Waals surface area (Å²) >= 11 is 0. The molecule has 0 amide bonds. The molecule has 1 aromatic rings. The third-order valence-electron chi connectivity index (χ3n) is 3.86. The summed E-state index contributed by atoms with van der Waals surface area (Å²) in [5, 5.41) is 0. The molecule has 0 saturated heterocycles. The van der Waals surface area contributed by atoms with Crippen LogP contribution < -0.4 is 5.73 Å². The summed E-state index contributed by atoms with van der Waals surface area (Å²) in [6.07, 6.45) is 6.30. The van der Waals surface area contributed by atoms with Crippen LogP contribution in [0.2, 0.25) is 0 Å². The molecule has 1 nitrogen and oxygen atoms in total. The summed E-state index contributed by atoms with van der Waals surface area (Å²) in [6, 6.07) is 8.84. The quantitative estimate of drug-likeness (QED) is 0.799. The highest BCUT2D eigenvalue weighted by atomic mass is 14.6. The van der Waals surface area contributed by atoms with Gasteiger partial charge in [0, 0.05) is 12.0 Å². The molecule has 1 heteroatoms. The molecule has 0 aromatic heterocycles. The van der Waals surface area contributed by atoms with Crippen molar-refractivity contribution in [3.05, 3.63) is 35.4 Å². The van der Waals surface area contributed by atoms with Crippen LogP contribution in [-0.4, -0.2) is 6.54 Å². The van der Waals surface area contributed by atoms with Crippen LogP contribution in [0.5, 0.6) is 0 Å². The molecule has 0 saturated carbocycles. The fourth-order valence-electron chi connectivity index (χ4n) is 2.85. The molecule has 2 N–H and O–H groups in total. The van der Waals surface area contributed by atoms with Gasteiger partial charge in [0.25, 0.3) is 0 Å². The number of aryl methyl sites for hydroxylation is 1. The van der Waals surface area contributed by atoms with E-state index in [2.05, 4.69) is 31.2 Å². The SMILES string of the molecule is CCCCC1(CN)CCc2ccccc21. The van der Waals surface area contributed by atoms with Crippen LogP contribution in [-0.2, 0) is 11.8 Å². The van der Waals surface area contributed by atoms with E-state index in [0.29, 0.717) is 5.41 Å². The van der Waals surface area contributed by atoms with E-state index in [9.17, 15) is 0 Å². The lowest BCUT2D eigenvalue weighted by Crippen LogP contribution is -2.32. The molecule has 1 aliphatic carbocycles. The molecule has 15 heavy (non-hydrogen) atoms. The van der Waals surface area contributed by atoms with Crippen LogP contribution >= 0.6 is 0 Å². The lowest BCUT2D eigenvalue weighted by atomic mass is 9.77. The van der Waals surface area contributed by atoms with Crippen LogP contribution in [0.25, 0.3) is 0 Å². The Labute approximate surface area is 92.7 Å². The van der Waals surface area contributed by atoms with E-state index in [1.807, 2.05) is 0 Å². The average Bonchev–Trinajstić information content (AvgIpc) is 2.66. The number of fused-ring (bicyclic) bond motifs is 1. The Hall–Kier alpha value is -0.820. The molecule has 1 aromatic carbocycles. The first-order valence-electron chi connectivity index (χ1n) is 6.11. The zero-order valence-electron chi connectivity index (χ0n) is 9.63. The van der Waals surface area contributed by atoms with Crippen molar-refractivity contribution in [1.82, 2.24) is 0 Å². The van der Waals surface area contributed by atoms with E-state index in [1.165, 1.54) is 43.2 Å². The van der Waals surface area contributed by atoms with E-state index >= 15 is 0 Å². The highest BCUT2D eigenvalue weighted by molar-refractivity contribution is 5.39. The molecule has 0 aliphatic heterocycles. The Morgan fingerprint density at radius 2 is 2.13 bits per heavy atom. The zero-order chi connectivity index (χ0) is 10.7. The van der Waals surface area contributed by atoms with Crippen LogP contribution in [0.4, 0.5) is 0 Å². The molecule has 0 heterocycles. The van der Waals surface area contributed by atoms with Gasteiger partial charge >= 0.3 is 0 Å². The largest absolute Gasteiger partial charge is 0.330 e. The van der Waals surface area contributed by atoms with Gasteiger partial charge in [-0.25, -0.2) is 0 Å². The van der Waals surface area contributed by atoms with Crippen molar-refractivity contribution in [3.8, 4) is 0 Å². The Bertz CT molecular complexity index is 332. The summed E-state index contributed by atoms with van der Waals surface area (Å²) in [4.78, 5) is 0. The molecule has 2 rings (SSSR count). The van der Waals surface area contributed by atoms with Gasteiger partial charge in [-0.1, -0.05) is 44.0 Å². The van der Waals surface area contributed by atoms with Crippen molar-refractivity contribution >= 4 is 0 Å². The standard InChI is InChI=1S/C14H21N/c1-2-3-9-14(11-15)10-8-12-6-4-5-7-13(12)14/h4-7H,2-3,8-11,15H2,1H3. The second-order valence-electron chi connectivity index (χ2n) is 4.75. The Balaban J connectivity index is 2.28. The first kappa shape index (κ1) is 10.7. The maximum atomic E-state index is 6.02. The number of rotatable bonds is 4. The van der Waals surface area contributed by atoms with Crippen molar-refractivity contribution in [1.29, 1.82) is 0 Å². The topological polar surface area (TPSA) is 26.0 Å². The summed E-state index contributed by atoms with van der Waals surface area (Å²) in [5.74, 6) is 0. The van der Waals surface area contributed by atoms with Crippen LogP contribution in [0.1, 0.15) is 43.7 Å². The minimum absolute atomic E-state index is 0.298. The highest BCUT2D eigenvalue weighted by Crippen LogP contribution is 2.41. The number of hydrogen-bond donors (Lipinski definition) is 1. The maximum absolute atomic E-state index is 6.02. The number of benzene rings is 1. The molecular weight excluding hydrogens is 182 g/mol. The Morgan fingerprint density at radius 1 is 1.33 bits per heavy atom. The Kier molecular flexibility index (Phi) is 3.11. The number of unbranched alkanes of at least 4 members (excludes halogenated alkanes) is 1. The second kappa shape index (κ2) is 4.36. The first-order chi connectivity index (χ1) is 7.32. The third kappa shape index (κ3) is 1.81. The fraction of sp³-hybridized carbons (Fsp3) is 0.571. The minimum Gasteiger partial charge on any atom is -0.330 e. The fourth-order valence-corrected chi connectivity index (χ4v) is 2.85. The minimum atomic E-state index is 0.298. The first-order valence-corrected chi connectivity index (χ1v) is 6.11. The van der Waals surface area contributed by atoms with Gasteiger partial charge in [0.2, 0.25) is 0 Å². The summed E-state index contributed by atoms with van der Waals surface area (Å²) in [5.41, 5.74) is 9.38. The Morgan fingerprint density at radius 3 is 2.87 bits per heavy atom. The van der Waals surface area contributed by atoms with Crippen molar-refractivity contribution in [2.24, 2.45) is 5.73 Å². The predicted molar refractivity (Wildman–Crippen MR) is 65.0 cm³/mol. The van der Waals surface area contributed by atoms with Gasteiger partial charge in [0.05, 0.1) is 0 Å². The summed E-state index contributed by atoms with van der Waals surface area (Å²) < 4.78 is 0. The molecule has 0 spiro atoms. The van der Waals surface area contributed by atoms with E-state index in [4.69, 9.17) is 5.73 Å². The van der Waals surface area contributed by atoms with Crippen LogP contribution in [0, 0.1) is 0 Å². The monoisotopic (exact) mass is 203 g/mol. The predicted octanol–water partition coefficient (Wildman–Crippen LogP) is 3.02.